The van der Waals surface area contributed by atoms with E-state index in [1.807, 2.05) is 17.0 Å². The molecule has 1 aromatic carbocycles. The molecular formula is C21H25N3O3. The number of amides is 1. The summed E-state index contributed by atoms with van der Waals surface area (Å²) >= 11 is 0. The third kappa shape index (κ3) is 3.76. The highest BCUT2D eigenvalue weighted by atomic mass is 16.5. The van der Waals surface area contributed by atoms with Gasteiger partial charge in [0.25, 0.3) is 11.5 Å². The zero-order chi connectivity index (χ0) is 18.8. The largest absolute Gasteiger partial charge is 0.497 e. The average molecular weight is 367 g/mol. The monoisotopic (exact) mass is 367 g/mol. The molecule has 6 heteroatoms. The lowest BCUT2D eigenvalue weighted by Crippen LogP contribution is -2.48. The van der Waals surface area contributed by atoms with Gasteiger partial charge in [0.15, 0.2) is 0 Å². The van der Waals surface area contributed by atoms with Crippen molar-refractivity contribution in [2.45, 2.75) is 25.4 Å². The number of fused-ring (bicyclic) bond motifs is 4. The van der Waals surface area contributed by atoms with Gasteiger partial charge in [-0.25, -0.2) is 0 Å². The molecule has 2 atom stereocenters. The van der Waals surface area contributed by atoms with Gasteiger partial charge in [-0.1, -0.05) is 12.1 Å². The third-order valence-electron chi connectivity index (χ3n) is 5.66. The van der Waals surface area contributed by atoms with E-state index in [2.05, 4.69) is 22.0 Å². The molecule has 2 bridgehead atoms. The number of piperidine rings is 1. The van der Waals surface area contributed by atoms with Gasteiger partial charge in [-0.05, 0) is 48.6 Å². The Bertz CT molecular complexity index is 861. The van der Waals surface area contributed by atoms with Crippen LogP contribution in [0.4, 0.5) is 0 Å². The molecule has 27 heavy (non-hydrogen) atoms. The van der Waals surface area contributed by atoms with Gasteiger partial charge >= 0.3 is 0 Å². The second-order valence-corrected chi connectivity index (χ2v) is 7.51. The molecule has 4 heterocycles. The summed E-state index contributed by atoms with van der Waals surface area (Å²) in [6.07, 6.45) is 3.70. The first-order valence-electron chi connectivity index (χ1n) is 9.48. The topological polar surface area (TPSA) is 65.6 Å². The normalized spacial score (nSPS) is 22.5. The number of nitrogens with zero attached hydrogens (tertiary/aromatic N) is 2. The first-order valence-corrected chi connectivity index (χ1v) is 9.48. The van der Waals surface area contributed by atoms with Crippen LogP contribution in [0.1, 0.15) is 28.8 Å². The van der Waals surface area contributed by atoms with Crippen LogP contribution in [0.15, 0.2) is 47.4 Å². The number of nitrogens with one attached hydrogen (secondary N) is 1. The molecule has 0 aliphatic carbocycles. The highest BCUT2D eigenvalue weighted by Crippen LogP contribution is 2.29. The Labute approximate surface area is 158 Å². The van der Waals surface area contributed by atoms with E-state index < -0.39 is 0 Å². The maximum absolute atomic E-state index is 13.0. The Kier molecular flexibility index (Phi) is 4.99. The van der Waals surface area contributed by atoms with E-state index in [1.54, 1.807) is 25.4 Å². The zero-order valence-corrected chi connectivity index (χ0v) is 15.6. The number of aromatic nitrogens is 1. The van der Waals surface area contributed by atoms with Crippen molar-refractivity contribution in [1.29, 1.82) is 0 Å². The maximum atomic E-state index is 13.0. The molecule has 1 amide bonds. The lowest BCUT2D eigenvalue weighted by Gasteiger charge is -2.36. The van der Waals surface area contributed by atoms with Crippen LogP contribution in [-0.2, 0) is 6.54 Å². The number of hydrogen-bond donors (Lipinski definition) is 1. The number of pyridine rings is 1. The first-order chi connectivity index (χ1) is 13.1. The van der Waals surface area contributed by atoms with Crippen molar-refractivity contribution < 1.29 is 9.53 Å². The SMILES string of the molecule is COc1ccc(CN2C[C@@H]3CC[C@H](C2)N(C(=O)c2ccc[nH]c2=O)C3)cc1. The van der Waals surface area contributed by atoms with Crippen LogP contribution in [0.25, 0.3) is 0 Å². The molecule has 3 aliphatic rings. The fourth-order valence-corrected chi connectivity index (χ4v) is 4.29. The van der Waals surface area contributed by atoms with Crippen molar-refractivity contribution in [3.8, 4) is 5.75 Å². The molecular weight excluding hydrogens is 342 g/mol. The summed E-state index contributed by atoms with van der Waals surface area (Å²) in [5.74, 6) is 1.17. The molecule has 0 saturated carbocycles. The van der Waals surface area contributed by atoms with Gasteiger partial charge in [-0.15, -0.1) is 0 Å². The van der Waals surface area contributed by atoms with Gasteiger partial charge in [0, 0.05) is 38.4 Å². The van der Waals surface area contributed by atoms with E-state index in [-0.39, 0.29) is 23.1 Å². The van der Waals surface area contributed by atoms with Crippen molar-refractivity contribution in [1.82, 2.24) is 14.8 Å². The minimum Gasteiger partial charge on any atom is -0.497 e. The molecule has 5 rings (SSSR count). The van der Waals surface area contributed by atoms with E-state index in [4.69, 9.17) is 4.74 Å². The molecule has 3 aliphatic heterocycles. The summed E-state index contributed by atoms with van der Waals surface area (Å²) in [6, 6.07) is 11.7. The van der Waals surface area contributed by atoms with Crippen molar-refractivity contribution in [3.63, 3.8) is 0 Å². The van der Waals surface area contributed by atoms with Gasteiger partial charge in [0.2, 0.25) is 0 Å². The molecule has 2 aromatic rings. The van der Waals surface area contributed by atoms with Crippen LogP contribution in [0.3, 0.4) is 0 Å². The number of carbonyl (C=O) groups excluding carboxylic acids is 1. The standard InChI is InChI=1S/C21H25N3O3/c1-27-18-8-5-15(6-9-18)11-23-12-16-4-7-17(14-23)24(13-16)21(26)19-3-2-10-22-20(19)25/h2-3,5-6,8-10,16-17H,4,7,11-14H2,1H3,(H,22,25)/t16-,17+/m0/s1. The van der Waals surface area contributed by atoms with Crippen LogP contribution in [0.5, 0.6) is 5.75 Å². The summed E-state index contributed by atoms with van der Waals surface area (Å²) in [5.41, 5.74) is 1.18. The Morgan fingerprint density at radius 3 is 2.70 bits per heavy atom. The Morgan fingerprint density at radius 2 is 1.96 bits per heavy atom. The summed E-state index contributed by atoms with van der Waals surface area (Å²) in [4.78, 5) is 32.0. The lowest BCUT2D eigenvalue weighted by atomic mass is 9.94. The van der Waals surface area contributed by atoms with Gasteiger partial charge in [0.1, 0.15) is 11.3 Å². The number of ether oxygens (including phenoxy) is 1. The quantitative estimate of drug-likeness (QED) is 0.899. The molecule has 0 unspecified atom stereocenters. The fraction of sp³-hybridized carbons (Fsp3) is 0.429. The molecule has 1 aromatic heterocycles. The number of aromatic amines is 1. The molecule has 3 fully saturated rings. The highest BCUT2D eigenvalue weighted by Gasteiger charge is 2.37. The maximum Gasteiger partial charge on any atom is 0.260 e. The van der Waals surface area contributed by atoms with Crippen molar-refractivity contribution in [2.75, 3.05) is 26.7 Å². The zero-order valence-electron chi connectivity index (χ0n) is 15.6. The van der Waals surface area contributed by atoms with Gasteiger partial charge < -0.3 is 14.6 Å². The molecule has 0 spiro atoms. The van der Waals surface area contributed by atoms with Crippen LogP contribution >= 0.6 is 0 Å². The summed E-state index contributed by atoms with van der Waals surface area (Å²) < 4.78 is 5.23. The van der Waals surface area contributed by atoms with Crippen molar-refractivity contribution in [2.24, 2.45) is 5.92 Å². The van der Waals surface area contributed by atoms with E-state index >= 15 is 0 Å². The van der Waals surface area contributed by atoms with Crippen LogP contribution in [0.2, 0.25) is 0 Å². The molecule has 142 valence electrons. The van der Waals surface area contributed by atoms with Gasteiger partial charge in [0.05, 0.1) is 7.11 Å². The summed E-state index contributed by atoms with van der Waals surface area (Å²) in [7, 11) is 1.67. The third-order valence-corrected chi connectivity index (χ3v) is 5.66. The minimum atomic E-state index is -0.308. The highest BCUT2D eigenvalue weighted by molar-refractivity contribution is 5.94. The summed E-state index contributed by atoms with van der Waals surface area (Å²) in [5, 5.41) is 0. The predicted molar refractivity (Wildman–Crippen MR) is 103 cm³/mol. The van der Waals surface area contributed by atoms with E-state index in [9.17, 15) is 9.59 Å². The van der Waals surface area contributed by atoms with Crippen molar-refractivity contribution >= 4 is 5.91 Å². The van der Waals surface area contributed by atoms with Gasteiger partial charge in [-0.3, -0.25) is 14.5 Å². The smallest absolute Gasteiger partial charge is 0.260 e. The minimum absolute atomic E-state index is 0.141. The number of carbonyl (C=O) groups is 1. The van der Waals surface area contributed by atoms with E-state index in [1.165, 1.54) is 5.56 Å². The van der Waals surface area contributed by atoms with Crippen LogP contribution in [-0.4, -0.2) is 53.5 Å². The molecule has 6 nitrogen and oxygen atoms in total. The van der Waals surface area contributed by atoms with E-state index in [0.717, 1.165) is 44.8 Å². The first kappa shape index (κ1) is 17.8. The lowest BCUT2D eigenvalue weighted by molar-refractivity contribution is 0.0583. The number of H-pyrrole nitrogens is 1. The van der Waals surface area contributed by atoms with Crippen molar-refractivity contribution in [3.05, 3.63) is 64.1 Å². The second-order valence-electron chi connectivity index (χ2n) is 7.51. The van der Waals surface area contributed by atoms with E-state index in [0.29, 0.717) is 5.92 Å². The predicted octanol–water partition coefficient (Wildman–Crippen LogP) is 2.12. The number of hydrogen-bond acceptors (Lipinski definition) is 4. The Hall–Kier alpha value is -2.60. The average Bonchev–Trinajstić information content (AvgIpc) is 2.99. The molecule has 1 N–H and O–H groups in total. The van der Waals surface area contributed by atoms with Crippen LogP contribution < -0.4 is 10.3 Å². The Balaban J connectivity index is 1.49. The number of rotatable bonds is 4. The second kappa shape index (κ2) is 7.56. The molecule has 3 saturated heterocycles. The summed E-state index contributed by atoms with van der Waals surface area (Å²) in [6.45, 7) is 3.43. The molecule has 0 radical (unpaired) electrons. The fourth-order valence-electron chi connectivity index (χ4n) is 4.29. The number of methoxy groups -OCH3 is 1. The van der Waals surface area contributed by atoms with Crippen LogP contribution in [0, 0.1) is 5.92 Å². The van der Waals surface area contributed by atoms with Gasteiger partial charge in [-0.2, -0.15) is 0 Å². The Morgan fingerprint density at radius 1 is 1.15 bits per heavy atom. The number of benzene rings is 1.